The first kappa shape index (κ1) is 23.6. The van der Waals surface area contributed by atoms with E-state index < -0.39 is 5.97 Å². The third kappa shape index (κ3) is 4.60. The van der Waals surface area contributed by atoms with Gasteiger partial charge >= 0.3 is 5.97 Å². The summed E-state index contributed by atoms with van der Waals surface area (Å²) in [6, 6.07) is 27.0. The van der Waals surface area contributed by atoms with Gasteiger partial charge in [-0.2, -0.15) is 0 Å². The summed E-state index contributed by atoms with van der Waals surface area (Å²) in [6.45, 7) is 2.02. The van der Waals surface area contributed by atoms with Crippen molar-refractivity contribution in [3.05, 3.63) is 126 Å². The number of fused-ring (bicyclic) bond motifs is 1. The van der Waals surface area contributed by atoms with Gasteiger partial charge in [0, 0.05) is 23.5 Å². The van der Waals surface area contributed by atoms with Gasteiger partial charge in [0.15, 0.2) is 0 Å². The summed E-state index contributed by atoms with van der Waals surface area (Å²) in [5.74, 6) is -1.28. The van der Waals surface area contributed by atoms with E-state index >= 15 is 0 Å². The van der Waals surface area contributed by atoms with Crippen LogP contribution in [0.3, 0.4) is 0 Å². The summed E-state index contributed by atoms with van der Waals surface area (Å²) >= 11 is 0. The second-order valence-corrected chi connectivity index (χ2v) is 8.65. The fourth-order valence-electron chi connectivity index (χ4n) is 4.34. The maximum absolute atomic E-state index is 13.4. The largest absolute Gasteiger partial charge is 0.505 e. The number of para-hydroxylation sites is 2. The molecule has 0 spiro atoms. The van der Waals surface area contributed by atoms with E-state index in [1.54, 1.807) is 47.6 Å². The van der Waals surface area contributed by atoms with Crippen LogP contribution in [0.15, 0.2) is 103 Å². The second kappa shape index (κ2) is 9.87. The zero-order valence-electron chi connectivity index (χ0n) is 20.1. The maximum atomic E-state index is 13.4. The molecule has 1 aliphatic rings. The number of carboxylic acids is 1. The molecular formula is C31H24N2O4. The number of anilines is 2. The molecule has 3 N–H and O–H groups in total. The number of carbonyl (C=O) groups is 2. The number of nitrogens with one attached hydrogen (secondary N) is 1. The van der Waals surface area contributed by atoms with Crippen LogP contribution in [0.2, 0.25) is 0 Å². The van der Waals surface area contributed by atoms with Crippen LogP contribution in [0.5, 0.6) is 5.75 Å². The molecule has 0 atom stereocenters. The minimum Gasteiger partial charge on any atom is -0.505 e. The third-order valence-corrected chi connectivity index (χ3v) is 6.32. The molecule has 0 aliphatic carbocycles. The lowest BCUT2D eigenvalue weighted by Gasteiger charge is -2.12. The number of aromatic carboxylic acids is 1. The Morgan fingerprint density at radius 2 is 1.62 bits per heavy atom. The zero-order valence-corrected chi connectivity index (χ0v) is 20.1. The van der Waals surface area contributed by atoms with Gasteiger partial charge in [-0.1, -0.05) is 66.7 Å². The fourth-order valence-corrected chi connectivity index (χ4v) is 4.34. The number of hydrogen-bond acceptors (Lipinski definition) is 4. The molecule has 4 aromatic carbocycles. The van der Waals surface area contributed by atoms with Crippen molar-refractivity contribution < 1.29 is 19.8 Å². The smallest absolute Gasteiger partial charge is 0.335 e. The van der Waals surface area contributed by atoms with E-state index in [2.05, 4.69) is 5.32 Å². The number of carboxylic acid groups (broad SMARTS) is 1. The van der Waals surface area contributed by atoms with Gasteiger partial charge in [0.25, 0.3) is 5.91 Å². The molecule has 182 valence electrons. The van der Waals surface area contributed by atoms with Gasteiger partial charge in [0.1, 0.15) is 5.75 Å². The van der Waals surface area contributed by atoms with Crippen molar-refractivity contribution in [3.8, 4) is 16.9 Å². The lowest BCUT2D eigenvalue weighted by Crippen LogP contribution is -2.19. The van der Waals surface area contributed by atoms with Crippen LogP contribution in [-0.2, 0) is 4.79 Å². The van der Waals surface area contributed by atoms with Crippen LogP contribution in [0.25, 0.3) is 22.8 Å². The van der Waals surface area contributed by atoms with E-state index in [0.717, 1.165) is 22.4 Å². The van der Waals surface area contributed by atoms with Gasteiger partial charge in [-0.05, 0) is 54.0 Å². The molecule has 6 nitrogen and oxygen atoms in total. The van der Waals surface area contributed by atoms with Crippen molar-refractivity contribution in [2.75, 3.05) is 10.2 Å². The first-order valence-electron chi connectivity index (χ1n) is 11.7. The van der Waals surface area contributed by atoms with Crippen LogP contribution in [0.4, 0.5) is 11.4 Å². The van der Waals surface area contributed by atoms with Crippen LogP contribution < -0.4 is 10.2 Å². The summed E-state index contributed by atoms with van der Waals surface area (Å²) in [7, 11) is 0. The molecule has 37 heavy (non-hydrogen) atoms. The molecule has 0 radical (unpaired) electrons. The predicted octanol–water partition coefficient (Wildman–Crippen LogP) is 6.54. The lowest BCUT2D eigenvalue weighted by atomic mass is 10.0. The topological polar surface area (TPSA) is 89.9 Å². The standard InChI is InChI=1S/C31H24N2O4/c1-20-8-2-3-9-21(20)16-17-33-28-15-5-4-12-25(28)26(30(33)35)19-32-27-14-7-13-24(29(27)34)22-10-6-11-23(18-22)31(36)37/h2-19,32,34H,1H3,(H,36,37)/b17-16-,26-19?. The molecule has 0 fully saturated rings. The van der Waals surface area contributed by atoms with Crippen molar-refractivity contribution in [2.24, 2.45) is 0 Å². The van der Waals surface area contributed by atoms with Gasteiger partial charge in [-0.3, -0.25) is 9.69 Å². The Hall–Kier alpha value is -5.10. The van der Waals surface area contributed by atoms with Crippen LogP contribution >= 0.6 is 0 Å². The van der Waals surface area contributed by atoms with Crippen molar-refractivity contribution >= 4 is 34.9 Å². The molecule has 0 saturated heterocycles. The van der Waals surface area contributed by atoms with E-state index in [-0.39, 0.29) is 17.2 Å². The zero-order chi connectivity index (χ0) is 25.9. The monoisotopic (exact) mass is 488 g/mol. The quantitative estimate of drug-likeness (QED) is 0.212. The summed E-state index contributed by atoms with van der Waals surface area (Å²) in [5, 5.41) is 23.3. The number of hydrogen-bond donors (Lipinski definition) is 3. The molecule has 4 aromatic rings. The molecule has 0 bridgehead atoms. The van der Waals surface area contributed by atoms with E-state index in [1.807, 2.05) is 61.5 Å². The lowest BCUT2D eigenvalue weighted by molar-refractivity contribution is -0.112. The van der Waals surface area contributed by atoms with E-state index in [1.165, 1.54) is 12.1 Å². The summed E-state index contributed by atoms with van der Waals surface area (Å²) < 4.78 is 0. The minimum atomic E-state index is -1.04. The maximum Gasteiger partial charge on any atom is 0.335 e. The minimum absolute atomic E-state index is 0.0445. The Labute approximate surface area is 214 Å². The van der Waals surface area contributed by atoms with Crippen molar-refractivity contribution in [3.63, 3.8) is 0 Å². The number of benzene rings is 4. The number of phenolic OH excluding ortho intramolecular Hbond substituents is 1. The molecule has 1 aliphatic heterocycles. The summed E-state index contributed by atoms with van der Waals surface area (Å²) in [5.41, 5.74) is 5.72. The van der Waals surface area contributed by atoms with E-state index in [9.17, 15) is 19.8 Å². The Morgan fingerprint density at radius 3 is 2.43 bits per heavy atom. The van der Waals surface area contributed by atoms with Gasteiger partial charge in [-0.25, -0.2) is 4.79 Å². The number of carbonyl (C=O) groups excluding carboxylic acids is 1. The fraction of sp³-hybridized carbons (Fsp3) is 0.0323. The normalized spacial score (nSPS) is 13.8. The highest BCUT2D eigenvalue weighted by atomic mass is 16.4. The molecule has 1 heterocycles. The first-order chi connectivity index (χ1) is 17.9. The van der Waals surface area contributed by atoms with Crippen molar-refractivity contribution in [1.82, 2.24) is 0 Å². The summed E-state index contributed by atoms with van der Waals surface area (Å²) in [6.07, 6.45) is 5.29. The Kier molecular flexibility index (Phi) is 6.31. The number of amides is 1. The molecular weight excluding hydrogens is 464 g/mol. The SMILES string of the molecule is Cc1ccccc1/C=C\N1C(=O)C(=CNc2cccc(-c3cccc(C(=O)O)c3)c2O)c2ccccc21. The van der Waals surface area contributed by atoms with E-state index in [4.69, 9.17) is 0 Å². The Morgan fingerprint density at radius 1 is 0.892 bits per heavy atom. The molecule has 1 amide bonds. The Bertz CT molecular complexity index is 1590. The van der Waals surface area contributed by atoms with Crippen LogP contribution in [0.1, 0.15) is 27.0 Å². The average molecular weight is 489 g/mol. The highest BCUT2D eigenvalue weighted by Crippen LogP contribution is 2.39. The molecule has 0 saturated carbocycles. The number of aromatic hydroxyl groups is 1. The van der Waals surface area contributed by atoms with Gasteiger partial charge in [0.2, 0.25) is 0 Å². The highest BCUT2D eigenvalue weighted by Gasteiger charge is 2.30. The van der Waals surface area contributed by atoms with Gasteiger partial charge in [0.05, 0.1) is 22.5 Å². The van der Waals surface area contributed by atoms with Crippen molar-refractivity contribution in [1.29, 1.82) is 0 Å². The molecule has 6 heteroatoms. The second-order valence-electron chi connectivity index (χ2n) is 8.65. The third-order valence-electron chi connectivity index (χ3n) is 6.32. The average Bonchev–Trinajstić information content (AvgIpc) is 3.18. The molecule has 0 aromatic heterocycles. The predicted molar refractivity (Wildman–Crippen MR) is 146 cm³/mol. The molecule has 0 unspecified atom stereocenters. The number of phenols is 1. The molecule has 5 rings (SSSR count). The summed E-state index contributed by atoms with van der Waals surface area (Å²) in [4.78, 5) is 26.4. The van der Waals surface area contributed by atoms with E-state index in [0.29, 0.717) is 22.4 Å². The number of rotatable bonds is 6. The van der Waals surface area contributed by atoms with Crippen LogP contribution in [0, 0.1) is 6.92 Å². The number of nitrogens with zero attached hydrogens (tertiary/aromatic N) is 1. The van der Waals surface area contributed by atoms with Gasteiger partial charge < -0.3 is 15.5 Å². The van der Waals surface area contributed by atoms with Crippen molar-refractivity contribution in [2.45, 2.75) is 6.92 Å². The number of aryl methyl sites for hydroxylation is 1. The Balaban J connectivity index is 1.46. The van der Waals surface area contributed by atoms with Crippen LogP contribution in [-0.4, -0.2) is 22.1 Å². The first-order valence-corrected chi connectivity index (χ1v) is 11.7. The van der Waals surface area contributed by atoms with Gasteiger partial charge in [-0.15, -0.1) is 0 Å². The highest BCUT2D eigenvalue weighted by molar-refractivity contribution is 6.33.